The molecule has 2 aromatic rings. The van der Waals surface area contributed by atoms with E-state index in [-0.39, 0.29) is 0 Å². The summed E-state index contributed by atoms with van der Waals surface area (Å²) in [5.74, 6) is 2.27. The van der Waals surface area contributed by atoms with Crippen molar-refractivity contribution in [2.75, 3.05) is 11.5 Å². The molecule has 2 heteroatoms. The van der Waals surface area contributed by atoms with Crippen LogP contribution in [0.4, 0.5) is 0 Å². The van der Waals surface area contributed by atoms with Crippen molar-refractivity contribution in [1.29, 1.82) is 0 Å². The number of hydrogen-bond acceptors (Lipinski definition) is 2. The Labute approximate surface area is 124 Å². The summed E-state index contributed by atoms with van der Waals surface area (Å²) in [6.07, 6.45) is 1.10. The maximum Gasteiger partial charge on any atom is 0.0153 e. The topological polar surface area (TPSA) is 0 Å². The van der Waals surface area contributed by atoms with Crippen molar-refractivity contribution < 1.29 is 0 Å². The summed E-state index contributed by atoms with van der Waals surface area (Å²) >= 11 is 3.89. The van der Waals surface area contributed by atoms with Crippen LogP contribution in [0, 0.1) is 0 Å². The molecule has 98 valence electrons. The molecule has 0 N–H and O–H groups in total. The van der Waals surface area contributed by atoms with E-state index in [9.17, 15) is 0 Å². The molecule has 0 spiro atoms. The van der Waals surface area contributed by atoms with Crippen LogP contribution >= 0.6 is 23.5 Å². The van der Waals surface area contributed by atoms with Gasteiger partial charge in [0.05, 0.1) is 0 Å². The smallest absolute Gasteiger partial charge is 0.0153 e. The van der Waals surface area contributed by atoms with Gasteiger partial charge in [0.25, 0.3) is 0 Å². The number of benzene rings is 2. The van der Waals surface area contributed by atoms with Gasteiger partial charge in [0, 0.05) is 9.79 Å². The van der Waals surface area contributed by atoms with E-state index in [1.165, 1.54) is 32.0 Å². The molecule has 0 fully saturated rings. The van der Waals surface area contributed by atoms with Gasteiger partial charge < -0.3 is 0 Å². The van der Waals surface area contributed by atoms with Gasteiger partial charge in [-0.05, 0) is 58.4 Å². The van der Waals surface area contributed by atoms with E-state index >= 15 is 0 Å². The summed E-state index contributed by atoms with van der Waals surface area (Å²) in [6, 6.07) is 13.7. The molecule has 0 heterocycles. The van der Waals surface area contributed by atoms with Crippen molar-refractivity contribution in [1.82, 2.24) is 0 Å². The molecule has 0 amide bonds. The first-order chi connectivity index (χ1) is 9.33. The van der Waals surface area contributed by atoms with Crippen LogP contribution in [0.3, 0.4) is 0 Å². The number of hydrogen-bond donors (Lipinski definition) is 0. The monoisotopic (exact) mass is 286 g/mol. The highest BCUT2D eigenvalue weighted by molar-refractivity contribution is 7.99. The van der Waals surface area contributed by atoms with E-state index in [0.717, 1.165) is 17.9 Å². The second kappa shape index (κ2) is 5.64. The van der Waals surface area contributed by atoms with Crippen LogP contribution in [-0.4, -0.2) is 11.5 Å². The molecule has 19 heavy (non-hydrogen) atoms. The van der Waals surface area contributed by atoms with Crippen molar-refractivity contribution in [3.8, 4) is 11.1 Å². The first-order valence-corrected chi connectivity index (χ1v) is 8.81. The zero-order chi connectivity index (χ0) is 13.2. The molecular formula is C17H18S2. The summed E-state index contributed by atoms with van der Waals surface area (Å²) in [5.41, 5.74) is 5.93. The molecule has 3 rings (SSSR count). The van der Waals surface area contributed by atoms with Gasteiger partial charge in [-0.25, -0.2) is 0 Å². The van der Waals surface area contributed by atoms with Crippen LogP contribution in [0.5, 0.6) is 0 Å². The average Bonchev–Trinajstić information content (AvgIpc) is 2.78. The third-order valence-corrected chi connectivity index (χ3v) is 5.27. The Bertz CT molecular complexity index is 602. The number of rotatable bonds is 4. The molecule has 0 bridgehead atoms. The quantitative estimate of drug-likeness (QED) is 0.582. The highest BCUT2D eigenvalue weighted by Crippen LogP contribution is 2.43. The Kier molecular flexibility index (Phi) is 3.90. The number of fused-ring (bicyclic) bond motifs is 3. The summed E-state index contributed by atoms with van der Waals surface area (Å²) in [7, 11) is 0. The lowest BCUT2D eigenvalue weighted by atomic mass is 10.1. The van der Waals surface area contributed by atoms with Crippen LogP contribution in [0.15, 0.2) is 46.2 Å². The van der Waals surface area contributed by atoms with E-state index in [1.807, 2.05) is 23.5 Å². The van der Waals surface area contributed by atoms with Crippen LogP contribution in [0.2, 0.25) is 0 Å². The summed E-state index contributed by atoms with van der Waals surface area (Å²) < 4.78 is 0. The van der Waals surface area contributed by atoms with Crippen molar-refractivity contribution in [2.24, 2.45) is 0 Å². The molecular weight excluding hydrogens is 268 g/mol. The minimum atomic E-state index is 1.10. The zero-order valence-electron chi connectivity index (χ0n) is 11.4. The lowest BCUT2D eigenvalue weighted by Crippen LogP contribution is -1.84. The van der Waals surface area contributed by atoms with Gasteiger partial charge >= 0.3 is 0 Å². The van der Waals surface area contributed by atoms with Gasteiger partial charge in [-0.15, -0.1) is 23.5 Å². The molecule has 0 aromatic heterocycles. The molecule has 1 aliphatic rings. The van der Waals surface area contributed by atoms with E-state index in [1.54, 1.807) is 0 Å². The van der Waals surface area contributed by atoms with Crippen LogP contribution in [0.25, 0.3) is 11.1 Å². The van der Waals surface area contributed by atoms with Crippen LogP contribution in [0.1, 0.15) is 25.0 Å². The zero-order valence-corrected chi connectivity index (χ0v) is 13.0. The molecule has 0 radical (unpaired) electrons. The van der Waals surface area contributed by atoms with Crippen molar-refractivity contribution in [3.05, 3.63) is 47.5 Å². The largest absolute Gasteiger partial charge is 0.126 e. The van der Waals surface area contributed by atoms with Crippen LogP contribution in [-0.2, 0) is 6.42 Å². The summed E-state index contributed by atoms with van der Waals surface area (Å²) in [5, 5.41) is 0. The third-order valence-electron chi connectivity index (χ3n) is 3.45. The van der Waals surface area contributed by atoms with Gasteiger partial charge in [0.15, 0.2) is 0 Å². The highest BCUT2D eigenvalue weighted by atomic mass is 32.2. The molecule has 0 saturated carbocycles. The molecule has 2 aromatic carbocycles. The molecule has 0 atom stereocenters. The van der Waals surface area contributed by atoms with Crippen molar-refractivity contribution >= 4 is 23.5 Å². The van der Waals surface area contributed by atoms with Crippen LogP contribution < -0.4 is 0 Å². The first-order valence-electron chi connectivity index (χ1n) is 6.84. The van der Waals surface area contributed by atoms with E-state index in [0.29, 0.717) is 0 Å². The Balaban J connectivity index is 2.11. The van der Waals surface area contributed by atoms with Gasteiger partial charge in [-0.1, -0.05) is 32.0 Å². The Hall–Kier alpha value is -0.860. The van der Waals surface area contributed by atoms with Gasteiger partial charge in [0.1, 0.15) is 0 Å². The lowest BCUT2D eigenvalue weighted by molar-refractivity contribution is 1.24. The molecule has 0 nitrogen and oxygen atoms in total. The third kappa shape index (κ3) is 2.44. The van der Waals surface area contributed by atoms with Crippen molar-refractivity contribution in [2.45, 2.75) is 30.1 Å². The fourth-order valence-electron chi connectivity index (χ4n) is 2.71. The lowest BCUT2D eigenvalue weighted by Gasteiger charge is -2.09. The maximum absolute atomic E-state index is 2.38. The van der Waals surface area contributed by atoms with Gasteiger partial charge in [-0.3, -0.25) is 0 Å². The Morgan fingerprint density at radius 3 is 2.58 bits per heavy atom. The second-order valence-electron chi connectivity index (χ2n) is 4.65. The first kappa shape index (κ1) is 13.1. The van der Waals surface area contributed by atoms with Gasteiger partial charge in [0.2, 0.25) is 0 Å². The fraction of sp³-hybridized carbons (Fsp3) is 0.294. The minimum absolute atomic E-state index is 1.10. The summed E-state index contributed by atoms with van der Waals surface area (Å²) in [4.78, 5) is 2.84. The maximum atomic E-state index is 2.38. The highest BCUT2D eigenvalue weighted by Gasteiger charge is 2.21. The molecule has 0 unspecified atom stereocenters. The second-order valence-corrected chi connectivity index (χ2v) is 7.30. The summed E-state index contributed by atoms with van der Waals surface area (Å²) in [6.45, 7) is 4.44. The fourth-order valence-corrected chi connectivity index (χ4v) is 4.28. The predicted octanol–water partition coefficient (Wildman–Crippen LogP) is 5.48. The number of thioether (sulfide) groups is 2. The SMILES string of the molecule is CCSc1ccc2c(c1)-c1c(cccc1SCC)C2. The molecule has 0 saturated heterocycles. The van der Waals surface area contributed by atoms with E-state index < -0.39 is 0 Å². The normalized spacial score (nSPS) is 12.3. The Morgan fingerprint density at radius 2 is 1.79 bits per heavy atom. The Morgan fingerprint density at radius 1 is 0.947 bits per heavy atom. The molecule has 1 aliphatic carbocycles. The minimum Gasteiger partial charge on any atom is -0.126 e. The van der Waals surface area contributed by atoms with Crippen molar-refractivity contribution in [3.63, 3.8) is 0 Å². The standard InChI is InChI=1S/C17H18S2/c1-3-18-14-9-8-12-10-13-6-5-7-16(19-4-2)17(13)15(12)11-14/h5-9,11H,3-4,10H2,1-2H3. The van der Waals surface area contributed by atoms with Gasteiger partial charge in [-0.2, -0.15) is 0 Å². The molecule has 0 aliphatic heterocycles. The van der Waals surface area contributed by atoms with E-state index in [2.05, 4.69) is 50.2 Å². The predicted molar refractivity (Wildman–Crippen MR) is 87.5 cm³/mol. The average molecular weight is 286 g/mol. The van der Waals surface area contributed by atoms with E-state index in [4.69, 9.17) is 0 Å².